The predicted octanol–water partition coefficient (Wildman–Crippen LogP) is 2.00. The number of allylic oxidation sites excluding steroid dienone is 1. The van der Waals surface area contributed by atoms with Gasteiger partial charge < -0.3 is 29.1 Å². The number of rotatable bonds is 8. The molecule has 0 spiro atoms. The van der Waals surface area contributed by atoms with Crippen LogP contribution < -0.4 is 0 Å². The number of methoxy groups -OCH3 is 1. The van der Waals surface area contributed by atoms with Crippen molar-refractivity contribution >= 4 is 11.9 Å². The molecule has 8 heteroatoms. The van der Waals surface area contributed by atoms with E-state index in [0.717, 1.165) is 18.7 Å². The molecule has 3 atom stereocenters. The Labute approximate surface area is 189 Å². The van der Waals surface area contributed by atoms with E-state index in [1.165, 1.54) is 7.11 Å². The van der Waals surface area contributed by atoms with Crippen LogP contribution in [-0.2, 0) is 19.0 Å². The van der Waals surface area contributed by atoms with Gasteiger partial charge in [-0.1, -0.05) is 12.1 Å². The Morgan fingerprint density at radius 1 is 1.16 bits per heavy atom. The van der Waals surface area contributed by atoms with Crippen molar-refractivity contribution in [1.82, 2.24) is 9.80 Å². The second-order valence-electron chi connectivity index (χ2n) is 8.24. The number of hydrogen-bond acceptors (Lipinski definition) is 7. The van der Waals surface area contributed by atoms with Crippen LogP contribution >= 0.6 is 0 Å². The average molecular weight is 447 g/mol. The Hall–Kier alpha value is -2.42. The topological polar surface area (TPSA) is 88.5 Å². The van der Waals surface area contributed by atoms with Gasteiger partial charge in [-0.2, -0.15) is 0 Å². The summed E-state index contributed by atoms with van der Waals surface area (Å²) in [5, 5.41) is 9.41. The van der Waals surface area contributed by atoms with Gasteiger partial charge >= 0.3 is 5.97 Å². The molecule has 32 heavy (non-hydrogen) atoms. The molecule has 0 radical (unpaired) electrons. The Morgan fingerprint density at radius 3 is 2.44 bits per heavy atom. The Morgan fingerprint density at radius 2 is 1.84 bits per heavy atom. The first-order valence-electron chi connectivity index (χ1n) is 11.3. The molecule has 1 saturated heterocycles. The number of benzene rings is 1. The lowest BCUT2D eigenvalue weighted by Gasteiger charge is -2.39. The SMILES string of the molecule is CCO[C@@H]1OC(C(=O)N2CCN(C)CC2)=C[C@H](c2ccc(C(=O)OC)cc2)[C@@H]1CCCO. The highest BCUT2D eigenvalue weighted by Gasteiger charge is 2.39. The lowest BCUT2D eigenvalue weighted by Crippen LogP contribution is -2.49. The van der Waals surface area contributed by atoms with E-state index in [2.05, 4.69) is 4.90 Å². The van der Waals surface area contributed by atoms with E-state index in [1.807, 2.05) is 37.1 Å². The molecule has 1 amide bonds. The maximum absolute atomic E-state index is 13.2. The molecule has 2 heterocycles. The van der Waals surface area contributed by atoms with Crippen LogP contribution in [0.5, 0.6) is 0 Å². The van der Waals surface area contributed by atoms with E-state index in [-0.39, 0.29) is 24.3 Å². The first-order valence-corrected chi connectivity index (χ1v) is 11.3. The number of nitrogens with zero attached hydrogens (tertiary/aromatic N) is 2. The van der Waals surface area contributed by atoms with Gasteiger partial charge in [0.1, 0.15) is 0 Å². The van der Waals surface area contributed by atoms with Crippen LogP contribution in [0.25, 0.3) is 0 Å². The van der Waals surface area contributed by atoms with Crippen LogP contribution in [0, 0.1) is 5.92 Å². The largest absolute Gasteiger partial charge is 0.465 e. The third kappa shape index (κ3) is 5.68. The summed E-state index contributed by atoms with van der Waals surface area (Å²) in [4.78, 5) is 29.1. The molecule has 0 bridgehead atoms. The molecule has 1 N–H and O–H groups in total. The zero-order chi connectivity index (χ0) is 23.1. The van der Waals surface area contributed by atoms with Gasteiger partial charge in [-0.15, -0.1) is 0 Å². The van der Waals surface area contributed by atoms with E-state index in [9.17, 15) is 14.7 Å². The second-order valence-corrected chi connectivity index (χ2v) is 8.24. The molecule has 8 nitrogen and oxygen atoms in total. The molecular weight excluding hydrogens is 412 g/mol. The number of hydrogen-bond donors (Lipinski definition) is 1. The normalized spacial score (nSPS) is 23.9. The number of likely N-dealkylation sites (N-methyl/N-ethyl adjacent to an activating group) is 1. The molecule has 1 fully saturated rings. The van der Waals surface area contributed by atoms with Crippen molar-refractivity contribution in [2.24, 2.45) is 5.92 Å². The van der Waals surface area contributed by atoms with E-state index in [4.69, 9.17) is 14.2 Å². The number of carbonyl (C=O) groups is 2. The van der Waals surface area contributed by atoms with Crippen LogP contribution in [0.2, 0.25) is 0 Å². The monoisotopic (exact) mass is 446 g/mol. The molecule has 1 aromatic rings. The minimum Gasteiger partial charge on any atom is -0.465 e. The standard InChI is InChI=1S/C24H34N2O6/c1-4-31-24-19(6-5-15-27)20(17-7-9-18(10-8-17)23(29)30-3)16-21(32-24)22(28)26-13-11-25(2)12-14-26/h7-10,16,19-20,24,27H,4-6,11-15H2,1-3H3/t19-,20+,24+/m0/s1. The van der Waals surface area contributed by atoms with Crippen LogP contribution in [0.3, 0.4) is 0 Å². The Kier molecular flexibility index (Phi) is 8.67. The molecule has 3 rings (SSSR count). The molecule has 0 aromatic heterocycles. The highest BCUT2D eigenvalue weighted by atomic mass is 16.7. The van der Waals surface area contributed by atoms with Gasteiger partial charge in [0.25, 0.3) is 5.91 Å². The van der Waals surface area contributed by atoms with Crippen LogP contribution in [0.15, 0.2) is 36.1 Å². The highest BCUT2D eigenvalue weighted by Crippen LogP contribution is 2.39. The number of piperazine rings is 1. The molecule has 2 aliphatic heterocycles. The second kappa shape index (κ2) is 11.4. The Bertz CT molecular complexity index is 801. The fourth-order valence-corrected chi connectivity index (χ4v) is 4.26. The summed E-state index contributed by atoms with van der Waals surface area (Å²) in [6, 6.07) is 7.22. The summed E-state index contributed by atoms with van der Waals surface area (Å²) >= 11 is 0. The zero-order valence-electron chi connectivity index (χ0n) is 19.2. The average Bonchev–Trinajstić information content (AvgIpc) is 2.82. The van der Waals surface area contributed by atoms with E-state index in [0.29, 0.717) is 43.9 Å². The van der Waals surface area contributed by atoms with Gasteiger partial charge in [0, 0.05) is 51.2 Å². The van der Waals surface area contributed by atoms with Crippen molar-refractivity contribution in [2.45, 2.75) is 32.0 Å². The molecule has 0 saturated carbocycles. The lowest BCUT2D eigenvalue weighted by atomic mass is 9.80. The Balaban J connectivity index is 1.92. The number of amides is 1. The first-order chi connectivity index (χ1) is 15.5. The number of carbonyl (C=O) groups excluding carboxylic acids is 2. The molecule has 2 aliphatic rings. The van der Waals surface area contributed by atoms with E-state index in [1.54, 1.807) is 12.1 Å². The van der Waals surface area contributed by atoms with E-state index < -0.39 is 12.3 Å². The summed E-state index contributed by atoms with van der Waals surface area (Å²) in [7, 11) is 3.40. The number of aliphatic hydroxyl groups is 1. The first kappa shape index (κ1) is 24.2. The lowest BCUT2D eigenvalue weighted by molar-refractivity contribution is -0.170. The van der Waals surface area contributed by atoms with Crippen molar-refractivity contribution in [3.63, 3.8) is 0 Å². The third-order valence-corrected chi connectivity index (χ3v) is 6.13. The summed E-state index contributed by atoms with van der Waals surface area (Å²) in [5.41, 5.74) is 1.42. The maximum atomic E-state index is 13.2. The van der Waals surface area contributed by atoms with Gasteiger partial charge in [-0.05, 0) is 50.6 Å². The minimum absolute atomic E-state index is 0.0696. The summed E-state index contributed by atoms with van der Waals surface area (Å²) in [6.45, 7) is 5.37. The van der Waals surface area contributed by atoms with Crippen molar-refractivity contribution in [3.8, 4) is 0 Å². The number of ether oxygens (including phenoxy) is 3. The van der Waals surface area contributed by atoms with Gasteiger partial charge in [0.2, 0.25) is 6.29 Å². The quantitative estimate of drug-likeness (QED) is 0.611. The fourth-order valence-electron chi connectivity index (χ4n) is 4.26. The highest BCUT2D eigenvalue weighted by molar-refractivity contribution is 5.92. The zero-order valence-corrected chi connectivity index (χ0v) is 19.2. The molecule has 176 valence electrons. The smallest absolute Gasteiger partial charge is 0.337 e. The van der Waals surface area contributed by atoms with Gasteiger partial charge in [0.15, 0.2) is 5.76 Å². The fraction of sp³-hybridized carbons (Fsp3) is 0.583. The van der Waals surface area contributed by atoms with Gasteiger partial charge in [0.05, 0.1) is 12.7 Å². The molecule has 0 unspecified atom stereocenters. The summed E-state index contributed by atoms with van der Waals surface area (Å²) < 4.78 is 16.8. The van der Waals surface area contributed by atoms with Crippen LogP contribution in [-0.4, -0.2) is 86.6 Å². The summed E-state index contributed by atoms with van der Waals surface area (Å²) in [6.07, 6.45) is 2.57. The van der Waals surface area contributed by atoms with Gasteiger partial charge in [-0.25, -0.2) is 4.79 Å². The van der Waals surface area contributed by atoms with Crippen molar-refractivity contribution in [1.29, 1.82) is 0 Å². The number of aliphatic hydroxyl groups excluding tert-OH is 1. The summed E-state index contributed by atoms with van der Waals surface area (Å²) in [5.74, 6) is -0.441. The maximum Gasteiger partial charge on any atom is 0.337 e. The minimum atomic E-state index is -0.590. The predicted molar refractivity (Wildman–Crippen MR) is 119 cm³/mol. The van der Waals surface area contributed by atoms with Gasteiger partial charge in [-0.3, -0.25) is 4.79 Å². The van der Waals surface area contributed by atoms with Crippen LogP contribution in [0.1, 0.15) is 41.6 Å². The number of esters is 1. The van der Waals surface area contributed by atoms with Crippen molar-refractivity contribution in [3.05, 3.63) is 47.2 Å². The van der Waals surface area contributed by atoms with Crippen LogP contribution in [0.4, 0.5) is 0 Å². The van der Waals surface area contributed by atoms with Crippen molar-refractivity contribution in [2.75, 3.05) is 53.6 Å². The third-order valence-electron chi connectivity index (χ3n) is 6.13. The molecule has 0 aliphatic carbocycles. The van der Waals surface area contributed by atoms with E-state index >= 15 is 0 Å². The molecular formula is C24H34N2O6. The molecule has 1 aromatic carbocycles. The van der Waals surface area contributed by atoms with Crippen molar-refractivity contribution < 1.29 is 28.9 Å².